The molecule has 0 aliphatic rings. The summed E-state index contributed by atoms with van der Waals surface area (Å²) in [4.78, 5) is 0. The van der Waals surface area contributed by atoms with Crippen LogP contribution in [0, 0.1) is 5.92 Å². The monoisotopic (exact) mass is 142 g/mol. The summed E-state index contributed by atoms with van der Waals surface area (Å²) >= 11 is 0. The van der Waals surface area contributed by atoms with Crippen LogP contribution in [0.2, 0.25) is 0 Å². The summed E-state index contributed by atoms with van der Waals surface area (Å²) in [7, 11) is 0. The van der Waals surface area contributed by atoms with E-state index >= 15 is 0 Å². The fraction of sp³-hybridized carbons (Fsp3) is 0.778. The van der Waals surface area contributed by atoms with Crippen LogP contribution in [0.15, 0.2) is 11.6 Å². The molecule has 0 aromatic heterocycles. The average Bonchev–Trinajstić information content (AvgIpc) is 1.82. The highest BCUT2D eigenvalue weighted by molar-refractivity contribution is 4.93. The van der Waals surface area contributed by atoms with Gasteiger partial charge in [0.1, 0.15) is 0 Å². The molecule has 0 radical (unpaired) electrons. The summed E-state index contributed by atoms with van der Waals surface area (Å²) < 4.78 is 0. The Labute approximate surface area is 63.8 Å². The molecule has 1 nitrogen and oxygen atoms in total. The third-order valence-corrected chi connectivity index (χ3v) is 1.72. The van der Waals surface area contributed by atoms with E-state index in [1.54, 1.807) is 0 Å². The first kappa shape index (κ1) is 9.70. The standard InChI is InChI=1S/C9H18O/c1-7(2)5-6-8(3)9(4)10/h5,8-10H,6H2,1-4H3/t8-,9?/m0/s1. The van der Waals surface area contributed by atoms with Crippen LogP contribution < -0.4 is 0 Å². The SMILES string of the molecule is CC(C)=CC[C@H](C)C(C)O. The van der Waals surface area contributed by atoms with Gasteiger partial charge in [-0.2, -0.15) is 0 Å². The second-order valence-corrected chi connectivity index (χ2v) is 3.24. The van der Waals surface area contributed by atoms with Crippen molar-refractivity contribution in [2.75, 3.05) is 0 Å². The van der Waals surface area contributed by atoms with Gasteiger partial charge in [0.25, 0.3) is 0 Å². The lowest BCUT2D eigenvalue weighted by molar-refractivity contribution is 0.136. The molecule has 10 heavy (non-hydrogen) atoms. The fourth-order valence-corrected chi connectivity index (χ4v) is 0.619. The second-order valence-electron chi connectivity index (χ2n) is 3.24. The third kappa shape index (κ3) is 4.57. The molecule has 0 aliphatic carbocycles. The van der Waals surface area contributed by atoms with Crippen LogP contribution in [0.3, 0.4) is 0 Å². The smallest absolute Gasteiger partial charge is 0.0540 e. The molecule has 0 saturated carbocycles. The zero-order chi connectivity index (χ0) is 8.15. The first-order valence-corrected chi connectivity index (χ1v) is 3.85. The van der Waals surface area contributed by atoms with Crippen LogP contribution in [0.4, 0.5) is 0 Å². The van der Waals surface area contributed by atoms with E-state index in [-0.39, 0.29) is 6.10 Å². The minimum absolute atomic E-state index is 0.185. The van der Waals surface area contributed by atoms with Crippen LogP contribution >= 0.6 is 0 Å². The molecule has 2 atom stereocenters. The van der Waals surface area contributed by atoms with Crippen molar-refractivity contribution in [2.24, 2.45) is 5.92 Å². The molecule has 0 aliphatic heterocycles. The van der Waals surface area contributed by atoms with Crippen molar-refractivity contribution in [1.29, 1.82) is 0 Å². The Bertz CT molecular complexity index is 110. The topological polar surface area (TPSA) is 20.2 Å². The highest BCUT2D eigenvalue weighted by Gasteiger charge is 2.05. The van der Waals surface area contributed by atoms with Gasteiger partial charge in [0.2, 0.25) is 0 Å². The van der Waals surface area contributed by atoms with Gasteiger partial charge in [0, 0.05) is 0 Å². The second kappa shape index (κ2) is 4.51. The largest absolute Gasteiger partial charge is 0.393 e. The van der Waals surface area contributed by atoms with Crippen LogP contribution in [0.25, 0.3) is 0 Å². The maximum absolute atomic E-state index is 9.10. The predicted molar refractivity (Wildman–Crippen MR) is 44.9 cm³/mol. The van der Waals surface area contributed by atoms with Crippen LogP contribution in [-0.2, 0) is 0 Å². The number of aliphatic hydroxyl groups is 1. The van der Waals surface area contributed by atoms with Crippen LogP contribution in [0.1, 0.15) is 34.1 Å². The third-order valence-electron chi connectivity index (χ3n) is 1.72. The van der Waals surface area contributed by atoms with Gasteiger partial charge in [-0.25, -0.2) is 0 Å². The van der Waals surface area contributed by atoms with E-state index < -0.39 is 0 Å². The average molecular weight is 142 g/mol. The van der Waals surface area contributed by atoms with E-state index in [1.165, 1.54) is 5.57 Å². The summed E-state index contributed by atoms with van der Waals surface area (Å²) in [6.07, 6.45) is 2.97. The highest BCUT2D eigenvalue weighted by Crippen LogP contribution is 2.09. The van der Waals surface area contributed by atoms with Crippen LogP contribution in [-0.4, -0.2) is 11.2 Å². The minimum atomic E-state index is -0.185. The van der Waals surface area contributed by atoms with Crippen molar-refractivity contribution < 1.29 is 5.11 Å². The number of aliphatic hydroxyl groups excluding tert-OH is 1. The molecule has 60 valence electrons. The number of allylic oxidation sites excluding steroid dienone is 2. The summed E-state index contributed by atoms with van der Waals surface area (Å²) in [5.41, 5.74) is 1.33. The van der Waals surface area contributed by atoms with Crippen molar-refractivity contribution in [3.8, 4) is 0 Å². The summed E-state index contributed by atoms with van der Waals surface area (Å²) in [5, 5.41) is 9.10. The molecular weight excluding hydrogens is 124 g/mol. The minimum Gasteiger partial charge on any atom is -0.393 e. The van der Waals surface area contributed by atoms with E-state index in [2.05, 4.69) is 26.8 Å². The van der Waals surface area contributed by atoms with Gasteiger partial charge in [-0.15, -0.1) is 0 Å². The maximum Gasteiger partial charge on any atom is 0.0540 e. The predicted octanol–water partition coefficient (Wildman–Crippen LogP) is 2.36. The van der Waals surface area contributed by atoms with Crippen molar-refractivity contribution >= 4 is 0 Å². The molecule has 1 N–H and O–H groups in total. The molecule has 0 aromatic carbocycles. The Morgan fingerprint density at radius 1 is 1.40 bits per heavy atom. The van der Waals surface area contributed by atoms with Crippen LogP contribution in [0.5, 0.6) is 0 Å². The quantitative estimate of drug-likeness (QED) is 0.600. The van der Waals surface area contributed by atoms with Gasteiger partial charge < -0.3 is 5.11 Å². The number of rotatable bonds is 3. The summed E-state index contributed by atoms with van der Waals surface area (Å²) in [6.45, 7) is 8.05. The van der Waals surface area contributed by atoms with Gasteiger partial charge in [0.05, 0.1) is 6.10 Å². The Morgan fingerprint density at radius 3 is 2.20 bits per heavy atom. The first-order chi connectivity index (χ1) is 4.54. The Balaban J connectivity index is 3.59. The van der Waals surface area contributed by atoms with Gasteiger partial charge >= 0.3 is 0 Å². The van der Waals surface area contributed by atoms with E-state index in [1.807, 2.05) is 6.92 Å². The molecule has 0 spiro atoms. The lowest BCUT2D eigenvalue weighted by Gasteiger charge is -2.11. The van der Waals surface area contributed by atoms with Gasteiger partial charge in [0.15, 0.2) is 0 Å². The normalized spacial score (nSPS) is 16.1. The molecule has 0 heterocycles. The molecule has 0 amide bonds. The number of hydrogen-bond acceptors (Lipinski definition) is 1. The van der Waals surface area contributed by atoms with Crippen molar-refractivity contribution in [3.05, 3.63) is 11.6 Å². The molecule has 0 rings (SSSR count). The zero-order valence-electron chi connectivity index (χ0n) is 7.39. The molecule has 1 heteroatoms. The lowest BCUT2D eigenvalue weighted by Crippen LogP contribution is -2.11. The fourth-order valence-electron chi connectivity index (χ4n) is 0.619. The molecule has 0 saturated heterocycles. The first-order valence-electron chi connectivity index (χ1n) is 3.85. The van der Waals surface area contributed by atoms with Gasteiger partial charge in [-0.3, -0.25) is 0 Å². The van der Waals surface area contributed by atoms with Crippen molar-refractivity contribution in [1.82, 2.24) is 0 Å². The van der Waals surface area contributed by atoms with Gasteiger partial charge in [-0.05, 0) is 33.1 Å². The van der Waals surface area contributed by atoms with E-state index in [0.717, 1.165) is 6.42 Å². The van der Waals surface area contributed by atoms with E-state index in [9.17, 15) is 0 Å². The Morgan fingerprint density at radius 2 is 1.90 bits per heavy atom. The number of hydrogen-bond donors (Lipinski definition) is 1. The summed E-state index contributed by atoms with van der Waals surface area (Å²) in [5.74, 6) is 0.384. The molecule has 0 aromatic rings. The highest BCUT2D eigenvalue weighted by atomic mass is 16.3. The Hall–Kier alpha value is -0.300. The molecule has 0 fully saturated rings. The lowest BCUT2D eigenvalue weighted by atomic mass is 10.0. The van der Waals surface area contributed by atoms with Gasteiger partial charge in [-0.1, -0.05) is 18.6 Å². The van der Waals surface area contributed by atoms with Crippen molar-refractivity contribution in [3.63, 3.8) is 0 Å². The summed E-state index contributed by atoms with van der Waals surface area (Å²) in [6, 6.07) is 0. The Kier molecular flexibility index (Phi) is 4.37. The maximum atomic E-state index is 9.10. The molecule has 0 bridgehead atoms. The zero-order valence-corrected chi connectivity index (χ0v) is 7.39. The molecule has 1 unspecified atom stereocenters. The van der Waals surface area contributed by atoms with E-state index in [4.69, 9.17) is 5.11 Å². The van der Waals surface area contributed by atoms with E-state index in [0.29, 0.717) is 5.92 Å². The molecular formula is C9H18O. The van der Waals surface area contributed by atoms with Crippen molar-refractivity contribution in [2.45, 2.75) is 40.2 Å².